The van der Waals surface area contributed by atoms with Crippen molar-refractivity contribution in [2.45, 2.75) is 52.2 Å². The number of piperidine rings is 1. The molecule has 126 valence electrons. The first-order valence-corrected chi connectivity index (χ1v) is 8.26. The van der Waals surface area contributed by atoms with Gasteiger partial charge in [-0.05, 0) is 44.9 Å². The van der Waals surface area contributed by atoms with Crippen LogP contribution in [0.25, 0.3) is 0 Å². The first kappa shape index (κ1) is 17.1. The summed E-state index contributed by atoms with van der Waals surface area (Å²) in [5.74, 6) is -0.599. The van der Waals surface area contributed by atoms with Gasteiger partial charge < -0.3 is 20.1 Å². The van der Waals surface area contributed by atoms with Gasteiger partial charge in [0.15, 0.2) is 0 Å². The molecule has 4 unspecified atom stereocenters. The van der Waals surface area contributed by atoms with Gasteiger partial charge in [-0.15, -0.1) is 0 Å². The van der Waals surface area contributed by atoms with Gasteiger partial charge in [0.1, 0.15) is 0 Å². The molecule has 2 rings (SSSR count). The number of hydrogen-bond donors (Lipinski definition) is 2. The number of carboxylic acid groups (broad SMARTS) is 1. The van der Waals surface area contributed by atoms with E-state index in [0.29, 0.717) is 32.0 Å². The monoisotopic (exact) mass is 312 g/mol. The van der Waals surface area contributed by atoms with Crippen LogP contribution in [0.1, 0.15) is 40.0 Å². The van der Waals surface area contributed by atoms with Crippen molar-refractivity contribution in [1.29, 1.82) is 0 Å². The molecule has 2 heterocycles. The van der Waals surface area contributed by atoms with Crippen molar-refractivity contribution in [3.63, 3.8) is 0 Å². The zero-order valence-corrected chi connectivity index (χ0v) is 13.7. The largest absolute Gasteiger partial charge is 0.481 e. The van der Waals surface area contributed by atoms with Crippen LogP contribution >= 0.6 is 0 Å². The van der Waals surface area contributed by atoms with Crippen LogP contribution in [0, 0.1) is 17.8 Å². The second kappa shape index (κ2) is 7.31. The fraction of sp³-hybridized carbons (Fsp3) is 0.875. The summed E-state index contributed by atoms with van der Waals surface area (Å²) in [5.41, 5.74) is 0. The van der Waals surface area contributed by atoms with Crippen LogP contribution in [-0.2, 0) is 9.53 Å². The van der Waals surface area contributed by atoms with Gasteiger partial charge in [-0.1, -0.05) is 6.92 Å². The van der Waals surface area contributed by atoms with Crippen molar-refractivity contribution in [1.82, 2.24) is 10.2 Å². The Hall–Kier alpha value is -1.30. The lowest BCUT2D eigenvalue weighted by molar-refractivity contribution is -0.143. The smallest absolute Gasteiger partial charge is 0.317 e. The fourth-order valence-electron chi connectivity index (χ4n) is 3.75. The Balaban J connectivity index is 1.82. The summed E-state index contributed by atoms with van der Waals surface area (Å²) in [6.07, 6.45) is 3.03. The van der Waals surface area contributed by atoms with E-state index >= 15 is 0 Å². The van der Waals surface area contributed by atoms with E-state index in [2.05, 4.69) is 19.2 Å². The summed E-state index contributed by atoms with van der Waals surface area (Å²) in [5, 5.41) is 12.2. The SMILES string of the molecule is CC1CC(C(=O)O)CN(C(=O)NCC2CC(C)OC(C)C2)C1. The third-order valence-electron chi connectivity index (χ3n) is 4.63. The van der Waals surface area contributed by atoms with Gasteiger partial charge in [0.05, 0.1) is 18.1 Å². The Labute approximate surface area is 132 Å². The summed E-state index contributed by atoms with van der Waals surface area (Å²) < 4.78 is 5.71. The van der Waals surface area contributed by atoms with Gasteiger partial charge in [0.2, 0.25) is 0 Å². The Bertz CT molecular complexity index is 405. The van der Waals surface area contributed by atoms with Gasteiger partial charge in [-0.3, -0.25) is 4.79 Å². The molecule has 0 saturated carbocycles. The minimum absolute atomic E-state index is 0.135. The Kier molecular flexibility index (Phi) is 5.67. The van der Waals surface area contributed by atoms with Crippen LogP contribution in [0.5, 0.6) is 0 Å². The molecule has 2 amide bonds. The number of aliphatic carboxylic acids is 1. The molecule has 0 bridgehead atoms. The van der Waals surface area contributed by atoms with E-state index in [0.717, 1.165) is 12.8 Å². The lowest BCUT2D eigenvalue weighted by Crippen LogP contribution is -2.50. The number of amides is 2. The maximum Gasteiger partial charge on any atom is 0.317 e. The molecule has 0 aromatic rings. The molecule has 0 aromatic carbocycles. The summed E-state index contributed by atoms with van der Waals surface area (Å²) >= 11 is 0. The number of carbonyl (C=O) groups excluding carboxylic acids is 1. The van der Waals surface area contributed by atoms with Gasteiger partial charge in [0, 0.05) is 19.6 Å². The molecule has 22 heavy (non-hydrogen) atoms. The number of nitrogens with zero attached hydrogens (tertiary/aromatic N) is 1. The zero-order chi connectivity index (χ0) is 16.3. The molecular formula is C16H28N2O4. The third kappa shape index (κ3) is 4.60. The topological polar surface area (TPSA) is 78.9 Å². The van der Waals surface area contributed by atoms with Crippen molar-refractivity contribution in [3.8, 4) is 0 Å². The van der Waals surface area contributed by atoms with Crippen molar-refractivity contribution in [2.75, 3.05) is 19.6 Å². The molecule has 0 radical (unpaired) electrons. The number of nitrogens with one attached hydrogen (secondary N) is 1. The lowest BCUT2D eigenvalue weighted by atomic mass is 9.90. The highest BCUT2D eigenvalue weighted by Gasteiger charge is 2.32. The molecule has 2 fully saturated rings. The summed E-state index contributed by atoms with van der Waals surface area (Å²) in [6.45, 7) is 7.71. The van der Waals surface area contributed by atoms with E-state index in [1.165, 1.54) is 0 Å². The number of carbonyl (C=O) groups is 2. The van der Waals surface area contributed by atoms with Gasteiger partial charge in [-0.2, -0.15) is 0 Å². The highest BCUT2D eigenvalue weighted by Crippen LogP contribution is 2.25. The second-order valence-corrected chi connectivity index (χ2v) is 7.06. The van der Waals surface area contributed by atoms with Crippen molar-refractivity contribution in [3.05, 3.63) is 0 Å². The Morgan fingerprint density at radius 1 is 1.14 bits per heavy atom. The summed E-state index contributed by atoms with van der Waals surface area (Å²) in [6, 6.07) is -0.135. The van der Waals surface area contributed by atoms with E-state index in [-0.39, 0.29) is 24.2 Å². The normalized spacial score (nSPS) is 36.0. The number of carboxylic acids is 1. The van der Waals surface area contributed by atoms with Crippen molar-refractivity contribution in [2.24, 2.45) is 17.8 Å². The number of urea groups is 1. The van der Waals surface area contributed by atoms with E-state index in [1.807, 2.05) is 6.92 Å². The Morgan fingerprint density at radius 2 is 1.77 bits per heavy atom. The maximum atomic E-state index is 12.3. The third-order valence-corrected chi connectivity index (χ3v) is 4.63. The van der Waals surface area contributed by atoms with Gasteiger partial charge in [-0.25, -0.2) is 4.79 Å². The van der Waals surface area contributed by atoms with Crippen molar-refractivity contribution >= 4 is 12.0 Å². The molecule has 2 N–H and O–H groups in total. The Morgan fingerprint density at radius 3 is 2.36 bits per heavy atom. The maximum absolute atomic E-state index is 12.3. The molecule has 2 saturated heterocycles. The van der Waals surface area contributed by atoms with Crippen LogP contribution in [0.4, 0.5) is 4.79 Å². The highest BCUT2D eigenvalue weighted by molar-refractivity contribution is 5.76. The van der Waals surface area contributed by atoms with E-state index < -0.39 is 11.9 Å². The molecule has 4 atom stereocenters. The quantitative estimate of drug-likeness (QED) is 0.835. The molecule has 0 spiro atoms. The minimum Gasteiger partial charge on any atom is -0.481 e. The van der Waals surface area contributed by atoms with E-state index in [9.17, 15) is 14.7 Å². The van der Waals surface area contributed by atoms with Gasteiger partial charge >= 0.3 is 12.0 Å². The predicted octanol–water partition coefficient (Wildman–Crippen LogP) is 1.94. The van der Waals surface area contributed by atoms with Crippen LogP contribution in [0.3, 0.4) is 0 Å². The fourth-order valence-corrected chi connectivity index (χ4v) is 3.75. The van der Waals surface area contributed by atoms with Gasteiger partial charge in [0.25, 0.3) is 0 Å². The standard InChI is InChI=1S/C16H28N2O4/c1-10-4-14(15(19)20)9-18(8-10)16(21)17-7-13-5-11(2)22-12(3)6-13/h10-14H,4-9H2,1-3H3,(H,17,21)(H,19,20). The molecule has 6 nitrogen and oxygen atoms in total. The molecule has 0 aromatic heterocycles. The summed E-state index contributed by atoms with van der Waals surface area (Å²) in [7, 11) is 0. The van der Waals surface area contributed by atoms with Crippen LogP contribution in [0.2, 0.25) is 0 Å². The first-order valence-electron chi connectivity index (χ1n) is 8.26. The first-order chi connectivity index (χ1) is 10.3. The summed E-state index contributed by atoms with van der Waals surface area (Å²) in [4.78, 5) is 25.1. The van der Waals surface area contributed by atoms with Crippen LogP contribution < -0.4 is 5.32 Å². The molecule has 0 aliphatic carbocycles. The van der Waals surface area contributed by atoms with E-state index in [1.54, 1.807) is 4.90 Å². The molecule has 2 aliphatic heterocycles. The molecule has 6 heteroatoms. The lowest BCUT2D eigenvalue weighted by Gasteiger charge is -2.36. The van der Waals surface area contributed by atoms with E-state index in [4.69, 9.17) is 4.74 Å². The molecular weight excluding hydrogens is 284 g/mol. The minimum atomic E-state index is -0.809. The molecule has 2 aliphatic rings. The van der Waals surface area contributed by atoms with Crippen LogP contribution in [-0.4, -0.2) is 53.8 Å². The predicted molar refractivity (Wildman–Crippen MR) is 82.6 cm³/mol. The average molecular weight is 312 g/mol. The number of hydrogen-bond acceptors (Lipinski definition) is 3. The number of rotatable bonds is 3. The van der Waals surface area contributed by atoms with Crippen molar-refractivity contribution < 1.29 is 19.4 Å². The zero-order valence-electron chi connectivity index (χ0n) is 13.7. The number of likely N-dealkylation sites (tertiary alicyclic amines) is 1. The average Bonchev–Trinajstić information content (AvgIpc) is 2.43. The second-order valence-electron chi connectivity index (χ2n) is 7.06. The van der Waals surface area contributed by atoms with Crippen LogP contribution in [0.15, 0.2) is 0 Å². The number of ether oxygens (including phenoxy) is 1. The highest BCUT2D eigenvalue weighted by atomic mass is 16.5.